The van der Waals surface area contributed by atoms with E-state index in [9.17, 15) is 0 Å². The number of rotatable bonds is 4. The van der Waals surface area contributed by atoms with Gasteiger partial charge in [0.05, 0.1) is 0 Å². The van der Waals surface area contributed by atoms with Gasteiger partial charge in [-0.3, -0.25) is 0 Å². The van der Waals surface area contributed by atoms with Crippen molar-refractivity contribution in [3.05, 3.63) is 76.8 Å². The fourth-order valence-electron chi connectivity index (χ4n) is 1.92. The van der Waals surface area contributed by atoms with Crippen LogP contribution in [0.3, 0.4) is 0 Å². The Morgan fingerprint density at radius 3 is 2.05 bits per heavy atom. The summed E-state index contributed by atoms with van der Waals surface area (Å²) >= 11 is 5.96. The summed E-state index contributed by atoms with van der Waals surface area (Å²) < 4.78 is 0. The smallest absolute Gasteiger partial charge is 0.0406 e. The Balaban J connectivity index is 0.00000200. The number of hydrogen-bond donors (Lipinski definition) is 0. The van der Waals surface area contributed by atoms with E-state index in [4.69, 9.17) is 11.6 Å². The summed E-state index contributed by atoms with van der Waals surface area (Å²) in [5.74, 6) is 0. The van der Waals surface area contributed by atoms with Crippen molar-refractivity contribution in [2.45, 2.75) is 0 Å². The second-order valence-corrected chi connectivity index (χ2v) is 5.19. The second kappa shape index (κ2) is 8.11. The van der Waals surface area contributed by atoms with Gasteiger partial charge in [0.1, 0.15) is 0 Å². The topological polar surface area (TPSA) is 3.24 Å². The molecule has 0 aliphatic rings. The molecule has 0 bridgehead atoms. The van der Waals surface area contributed by atoms with Gasteiger partial charge in [0.15, 0.2) is 0 Å². The Morgan fingerprint density at radius 2 is 1.50 bits per heavy atom. The quantitative estimate of drug-likeness (QED) is 0.787. The summed E-state index contributed by atoms with van der Waals surface area (Å²) in [6.07, 6.45) is 2.25. The van der Waals surface area contributed by atoms with Crippen LogP contribution in [0, 0.1) is 0 Å². The maximum Gasteiger partial charge on any atom is 0.0406 e. The Hall–Kier alpha value is -1.28. The van der Waals surface area contributed by atoms with E-state index >= 15 is 0 Å². The summed E-state index contributed by atoms with van der Waals surface area (Å²) in [5.41, 5.74) is 3.66. The molecule has 2 rings (SSSR count). The van der Waals surface area contributed by atoms with E-state index in [1.165, 1.54) is 16.7 Å². The summed E-state index contributed by atoms with van der Waals surface area (Å²) in [5, 5.41) is 0.767. The summed E-state index contributed by atoms with van der Waals surface area (Å²) in [7, 11) is 4.14. The van der Waals surface area contributed by atoms with Crippen molar-refractivity contribution in [1.29, 1.82) is 0 Å². The van der Waals surface area contributed by atoms with Crippen LogP contribution in [0.1, 0.15) is 11.1 Å². The lowest BCUT2D eigenvalue weighted by Gasteiger charge is -2.11. The van der Waals surface area contributed by atoms with Crippen molar-refractivity contribution in [1.82, 2.24) is 4.90 Å². The molecule has 0 unspecified atom stereocenters. The molecule has 2 aromatic rings. The first-order valence-corrected chi connectivity index (χ1v) is 6.71. The van der Waals surface area contributed by atoms with Crippen molar-refractivity contribution < 1.29 is 0 Å². The minimum atomic E-state index is 0. The molecule has 0 aliphatic heterocycles. The van der Waals surface area contributed by atoms with Crippen molar-refractivity contribution in [3.63, 3.8) is 0 Å². The number of nitrogens with zero attached hydrogens (tertiary/aromatic N) is 1. The SMILES string of the molecule is CN(C)C/C=C(/c1ccccc1)c1ccc(Cl)cc1.Cl. The van der Waals surface area contributed by atoms with Crippen LogP contribution in [0.15, 0.2) is 60.7 Å². The molecule has 0 saturated carbocycles. The predicted molar refractivity (Wildman–Crippen MR) is 90.8 cm³/mol. The number of benzene rings is 2. The number of hydrogen-bond acceptors (Lipinski definition) is 1. The van der Waals surface area contributed by atoms with E-state index in [0.29, 0.717) is 0 Å². The molecule has 2 aromatic carbocycles. The first-order valence-electron chi connectivity index (χ1n) is 6.33. The molecule has 0 aromatic heterocycles. The van der Waals surface area contributed by atoms with Gasteiger partial charge in [-0.15, -0.1) is 12.4 Å². The van der Waals surface area contributed by atoms with Gasteiger partial charge in [0.25, 0.3) is 0 Å². The zero-order valence-electron chi connectivity index (χ0n) is 11.7. The molecule has 0 amide bonds. The molecular formula is C17H19Cl2N. The molecule has 0 radical (unpaired) electrons. The average Bonchev–Trinajstić information content (AvgIpc) is 2.42. The van der Waals surface area contributed by atoms with Gasteiger partial charge in [-0.1, -0.05) is 60.1 Å². The lowest BCUT2D eigenvalue weighted by Crippen LogP contribution is -2.11. The molecule has 0 heterocycles. The second-order valence-electron chi connectivity index (χ2n) is 4.75. The van der Waals surface area contributed by atoms with Crippen LogP contribution >= 0.6 is 24.0 Å². The molecule has 0 N–H and O–H groups in total. The highest BCUT2D eigenvalue weighted by Gasteiger charge is 2.04. The van der Waals surface area contributed by atoms with E-state index in [2.05, 4.69) is 61.5 Å². The monoisotopic (exact) mass is 307 g/mol. The third-order valence-corrected chi connectivity index (χ3v) is 3.15. The highest BCUT2D eigenvalue weighted by atomic mass is 35.5. The van der Waals surface area contributed by atoms with Crippen molar-refractivity contribution in [2.75, 3.05) is 20.6 Å². The van der Waals surface area contributed by atoms with Crippen LogP contribution in [0.2, 0.25) is 5.02 Å². The third kappa shape index (κ3) is 4.68. The Morgan fingerprint density at radius 1 is 0.950 bits per heavy atom. The largest absolute Gasteiger partial charge is 0.306 e. The van der Waals surface area contributed by atoms with Crippen LogP contribution in [0.5, 0.6) is 0 Å². The fraction of sp³-hybridized carbons (Fsp3) is 0.176. The van der Waals surface area contributed by atoms with Crippen molar-refractivity contribution in [2.24, 2.45) is 0 Å². The normalized spacial score (nSPS) is 11.3. The molecule has 3 heteroatoms. The van der Waals surface area contributed by atoms with E-state index in [1.807, 2.05) is 18.2 Å². The van der Waals surface area contributed by atoms with Crippen molar-refractivity contribution >= 4 is 29.6 Å². The molecule has 0 atom stereocenters. The Kier molecular flexibility index (Phi) is 6.80. The molecule has 106 valence electrons. The summed E-state index contributed by atoms with van der Waals surface area (Å²) in [6.45, 7) is 0.910. The Labute approximate surface area is 132 Å². The van der Waals surface area contributed by atoms with Gasteiger partial charge >= 0.3 is 0 Å². The first-order chi connectivity index (χ1) is 9.16. The molecule has 0 aliphatic carbocycles. The minimum absolute atomic E-state index is 0. The maximum absolute atomic E-state index is 5.96. The first kappa shape index (κ1) is 16.8. The lowest BCUT2D eigenvalue weighted by molar-refractivity contribution is 0.457. The fourth-order valence-corrected chi connectivity index (χ4v) is 2.05. The van der Waals surface area contributed by atoms with Gasteiger partial charge in [-0.25, -0.2) is 0 Å². The van der Waals surface area contributed by atoms with Crippen LogP contribution in [-0.4, -0.2) is 25.5 Å². The van der Waals surface area contributed by atoms with Crippen molar-refractivity contribution in [3.8, 4) is 0 Å². The van der Waals surface area contributed by atoms with Gasteiger partial charge in [0.2, 0.25) is 0 Å². The summed E-state index contributed by atoms with van der Waals surface area (Å²) in [4.78, 5) is 2.15. The molecule has 1 nitrogen and oxygen atoms in total. The minimum Gasteiger partial charge on any atom is -0.306 e. The number of likely N-dealkylation sites (N-methyl/N-ethyl adjacent to an activating group) is 1. The third-order valence-electron chi connectivity index (χ3n) is 2.90. The molecular weight excluding hydrogens is 289 g/mol. The van der Waals surface area contributed by atoms with Gasteiger partial charge in [-0.05, 0) is 42.9 Å². The van der Waals surface area contributed by atoms with Crippen LogP contribution in [0.25, 0.3) is 5.57 Å². The average molecular weight is 308 g/mol. The van der Waals surface area contributed by atoms with E-state index in [-0.39, 0.29) is 12.4 Å². The van der Waals surface area contributed by atoms with Gasteiger partial charge in [0, 0.05) is 11.6 Å². The predicted octanol–water partition coefficient (Wildman–Crippen LogP) is 4.76. The van der Waals surface area contributed by atoms with Crippen LogP contribution in [0.4, 0.5) is 0 Å². The zero-order chi connectivity index (χ0) is 13.7. The Bertz CT molecular complexity index is 545. The molecule has 0 fully saturated rings. The molecule has 20 heavy (non-hydrogen) atoms. The standard InChI is InChI=1S/C17H18ClN.ClH/c1-19(2)13-12-17(14-6-4-3-5-7-14)15-8-10-16(18)11-9-15;/h3-12H,13H2,1-2H3;1H/b17-12-;. The van der Waals surface area contributed by atoms with E-state index in [0.717, 1.165) is 11.6 Å². The van der Waals surface area contributed by atoms with Gasteiger partial charge in [-0.2, -0.15) is 0 Å². The molecule has 0 spiro atoms. The summed E-state index contributed by atoms with van der Waals surface area (Å²) in [6, 6.07) is 18.4. The molecule has 0 saturated heterocycles. The van der Waals surface area contributed by atoms with Gasteiger partial charge < -0.3 is 4.90 Å². The van der Waals surface area contributed by atoms with E-state index < -0.39 is 0 Å². The number of halogens is 2. The zero-order valence-corrected chi connectivity index (χ0v) is 13.3. The lowest BCUT2D eigenvalue weighted by atomic mass is 9.97. The highest BCUT2D eigenvalue weighted by molar-refractivity contribution is 6.30. The van der Waals surface area contributed by atoms with E-state index in [1.54, 1.807) is 0 Å². The van der Waals surface area contributed by atoms with Crippen LogP contribution < -0.4 is 0 Å². The van der Waals surface area contributed by atoms with Crippen LogP contribution in [-0.2, 0) is 0 Å². The highest BCUT2D eigenvalue weighted by Crippen LogP contribution is 2.24. The maximum atomic E-state index is 5.96.